The third-order valence-electron chi connectivity index (χ3n) is 4.62. The van der Waals surface area contributed by atoms with Gasteiger partial charge in [0.15, 0.2) is 0 Å². The van der Waals surface area contributed by atoms with Gasteiger partial charge in [0.2, 0.25) is 0 Å². The average Bonchev–Trinajstić information content (AvgIpc) is 2.45. The van der Waals surface area contributed by atoms with E-state index >= 15 is 0 Å². The highest BCUT2D eigenvalue weighted by molar-refractivity contribution is 5.27. The molecule has 1 nitrogen and oxygen atoms in total. The minimum absolute atomic E-state index is 0.189. The van der Waals surface area contributed by atoms with Crippen LogP contribution in [0.3, 0.4) is 0 Å². The van der Waals surface area contributed by atoms with Crippen LogP contribution in [-0.2, 0) is 0 Å². The van der Waals surface area contributed by atoms with E-state index in [9.17, 15) is 5.11 Å². The van der Waals surface area contributed by atoms with Crippen molar-refractivity contribution in [3.63, 3.8) is 0 Å². The average molecular weight is 220 g/mol. The molecule has 1 heteroatoms. The molecule has 0 saturated heterocycles. The van der Waals surface area contributed by atoms with Gasteiger partial charge < -0.3 is 5.11 Å². The first-order chi connectivity index (χ1) is 7.50. The summed E-state index contributed by atoms with van der Waals surface area (Å²) < 4.78 is 0. The Kier molecular flexibility index (Phi) is 3.25. The zero-order chi connectivity index (χ0) is 11.8. The van der Waals surface area contributed by atoms with E-state index < -0.39 is 0 Å². The SMILES string of the molecule is CC1CC=C(CC2=CC(O)CCC2)C1(C)C. The fraction of sp³-hybridized carbons (Fsp3) is 0.733. The molecule has 90 valence electrons. The highest BCUT2D eigenvalue weighted by atomic mass is 16.3. The van der Waals surface area contributed by atoms with Crippen molar-refractivity contribution in [2.75, 3.05) is 0 Å². The third kappa shape index (κ3) is 2.24. The van der Waals surface area contributed by atoms with E-state index in [-0.39, 0.29) is 6.10 Å². The van der Waals surface area contributed by atoms with Crippen LogP contribution in [-0.4, -0.2) is 11.2 Å². The molecule has 0 bridgehead atoms. The molecule has 1 N–H and O–H groups in total. The van der Waals surface area contributed by atoms with Crippen LogP contribution in [0.2, 0.25) is 0 Å². The van der Waals surface area contributed by atoms with Crippen molar-refractivity contribution in [2.24, 2.45) is 11.3 Å². The first-order valence-electron chi connectivity index (χ1n) is 6.57. The second-order valence-corrected chi connectivity index (χ2v) is 6.05. The van der Waals surface area contributed by atoms with Crippen molar-refractivity contribution < 1.29 is 5.11 Å². The molecule has 0 aromatic rings. The second kappa shape index (κ2) is 4.37. The molecule has 2 unspecified atom stereocenters. The van der Waals surface area contributed by atoms with E-state index in [0.29, 0.717) is 5.41 Å². The topological polar surface area (TPSA) is 20.2 Å². The minimum Gasteiger partial charge on any atom is -0.389 e. The summed E-state index contributed by atoms with van der Waals surface area (Å²) in [6.07, 6.45) is 9.91. The standard InChI is InChI=1S/C15H24O/c1-11-7-8-13(15(11,2)3)9-12-5-4-6-14(16)10-12/h8,10-11,14,16H,4-7,9H2,1-3H3. The molecule has 2 aliphatic carbocycles. The van der Waals surface area contributed by atoms with E-state index in [2.05, 4.69) is 32.9 Å². The Hall–Kier alpha value is -0.560. The molecule has 0 aromatic carbocycles. The van der Waals surface area contributed by atoms with Crippen molar-refractivity contribution in [3.05, 3.63) is 23.3 Å². The Morgan fingerprint density at radius 2 is 2.19 bits per heavy atom. The van der Waals surface area contributed by atoms with Crippen LogP contribution < -0.4 is 0 Å². The van der Waals surface area contributed by atoms with Gasteiger partial charge in [0.1, 0.15) is 0 Å². The van der Waals surface area contributed by atoms with Gasteiger partial charge in [0.25, 0.3) is 0 Å². The van der Waals surface area contributed by atoms with Crippen molar-refractivity contribution in [1.82, 2.24) is 0 Å². The summed E-state index contributed by atoms with van der Waals surface area (Å²) in [6.45, 7) is 7.06. The summed E-state index contributed by atoms with van der Waals surface area (Å²) in [5, 5.41) is 9.64. The van der Waals surface area contributed by atoms with E-state index in [0.717, 1.165) is 25.2 Å². The van der Waals surface area contributed by atoms with Gasteiger partial charge in [0, 0.05) is 0 Å². The van der Waals surface area contributed by atoms with Crippen LogP contribution in [0.1, 0.15) is 52.9 Å². The van der Waals surface area contributed by atoms with Gasteiger partial charge in [-0.05, 0) is 43.4 Å². The van der Waals surface area contributed by atoms with E-state index in [4.69, 9.17) is 0 Å². The van der Waals surface area contributed by atoms with E-state index in [1.54, 1.807) is 5.57 Å². The summed E-state index contributed by atoms with van der Waals surface area (Å²) in [4.78, 5) is 0. The Balaban J connectivity index is 2.06. The van der Waals surface area contributed by atoms with Crippen LogP contribution in [0.5, 0.6) is 0 Å². The fourth-order valence-corrected chi connectivity index (χ4v) is 2.86. The summed E-state index contributed by atoms with van der Waals surface area (Å²) in [5.41, 5.74) is 3.39. The van der Waals surface area contributed by atoms with Gasteiger partial charge >= 0.3 is 0 Å². The number of allylic oxidation sites excluding steroid dienone is 3. The Morgan fingerprint density at radius 1 is 1.44 bits per heavy atom. The summed E-state index contributed by atoms with van der Waals surface area (Å²) in [7, 11) is 0. The van der Waals surface area contributed by atoms with Gasteiger partial charge in [-0.2, -0.15) is 0 Å². The minimum atomic E-state index is -0.189. The van der Waals surface area contributed by atoms with Crippen molar-refractivity contribution in [1.29, 1.82) is 0 Å². The lowest BCUT2D eigenvalue weighted by molar-refractivity contribution is 0.201. The third-order valence-corrected chi connectivity index (χ3v) is 4.62. The lowest BCUT2D eigenvalue weighted by Crippen LogP contribution is -2.20. The maximum atomic E-state index is 9.64. The molecule has 2 atom stereocenters. The molecular formula is C15H24O. The quantitative estimate of drug-likeness (QED) is 0.701. The number of hydrogen-bond donors (Lipinski definition) is 1. The van der Waals surface area contributed by atoms with Gasteiger partial charge in [0.05, 0.1) is 6.10 Å². The zero-order valence-corrected chi connectivity index (χ0v) is 10.8. The molecule has 16 heavy (non-hydrogen) atoms. The van der Waals surface area contributed by atoms with E-state index in [1.165, 1.54) is 18.4 Å². The van der Waals surface area contributed by atoms with Crippen LogP contribution >= 0.6 is 0 Å². The summed E-state index contributed by atoms with van der Waals surface area (Å²) >= 11 is 0. The summed E-state index contributed by atoms with van der Waals surface area (Å²) in [6, 6.07) is 0. The molecule has 0 radical (unpaired) electrons. The van der Waals surface area contributed by atoms with Crippen LogP contribution in [0.4, 0.5) is 0 Å². The molecule has 0 fully saturated rings. The lowest BCUT2D eigenvalue weighted by atomic mass is 9.75. The zero-order valence-electron chi connectivity index (χ0n) is 10.8. The first-order valence-corrected chi connectivity index (χ1v) is 6.57. The Labute approximate surface area is 99.3 Å². The highest BCUT2D eigenvalue weighted by Gasteiger charge is 2.34. The molecule has 0 heterocycles. The maximum absolute atomic E-state index is 9.64. The lowest BCUT2D eigenvalue weighted by Gasteiger charge is -2.30. The van der Waals surface area contributed by atoms with Gasteiger partial charge in [-0.25, -0.2) is 0 Å². The van der Waals surface area contributed by atoms with Gasteiger partial charge in [-0.1, -0.05) is 44.1 Å². The van der Waals surface area contributed by atoms with Gasteiger partial charge in [-0.3, -0.25) is 0 Å². The molecule has 0 saturated carbocycles. The number of aliphatic hydroxyl groups is 1. The van der Waals surface area contributed by atoms with E-state index in [1.807, 2.05) is 0 Å². The smallest absolute Gasteiger partial charge is 0.0723 e. The van der Waals surface area contributed by atoms with Crippen molar-refractivity contribution in [2.45, 2.75) is 59.0 Å². The monoisotopic (exact) mass is 220 g/mol. The van der Waals surface area contributed by atoms with Crippen molar-refractivity contribution in [3.8, 4) is 0 Å². The second-order valence-electron chi connectivity index (χ2n) is 6.05. The number of rotatable bonds is 2. The molecule has 0 aliphatic heterocycles. The predicted octanol–water partition coefficient (Wildman–Crippen LogP) is 3.84. The molecule has 0 amide bonds. The normalized spacial score (nSPS) is 33.5. The molecule has 0 spiro atoms. The molecule has 2 rings (SSSR count). The van der Waals surface area contributed by atoms with Crippen LogP contribution in [0.25, 0.3) is 0 Å². The molecule has 2 aliphatic rings. The number of hydrogen-bond acceptors (Lipinski definition) is 1. The number of aliphatic hydroxyl groups excluding tert-OH is 1. The predicted molar refractivity (Wildman–Crippen MR) is 68.2 cm³/mol. The molecule has 0 aromatic heterocycles. The Morgan fingerprint density at radius 3 is 2.75 bits per heavy atom. The summed E-state index contributed by atoms with van der Waals surface area (Å²) in [5.74, 6) is 0.761. The largest absolute Gasteiger partial charge is 0.389 e. The maximum Gasteiger partial charge on any atom is 0.0723 e. The van der Waals surface area contributed by atoms with Crippen molar-refractivity contribution >= 4 is 0 Å². The van der Waals surface area contributed by atoms with Crippen LogP contribution in [0, 0.1) is 11.3 Å². The van der Waals surface area contributed by atoms with Crippen LogP contribution in [0.15, 0.2) is 23.3 Å². The first kappa shape index (κ1) is 11.9. The molecular weight excluding hydrogens is 196 g/mol. The highest BCUT2D eigenvalue weighted by Crippen LogP contribution is 2.46. The Bertz CT molecular complexity index is 322. The fourth-order valence-electron chi connectivity index (χ4n) is 2.86. The van der Waals surface area contributed by atoms with Gasteiger partial charge in [-0.15, -0.1) is 0 Å².